The molecule has 0 amide bonds. The second-order valence-electron chi connectivity index (χ2n) is 1.92. The molecule has 0 unspecified atom stereocenters. The molecule has 1 aromatic rings. The van der Waals surface area contributed by atoms with E-state index >= 15 is 0 Å². The molecule has 0 bridgehead atoms. The van der Waals surface area contributed by atoms with Gasteiger partial charge in [0.2, 0.25) is 0 Å². The maximum absolute atomic E-state index is 12.7. The molecule has 0 aromatic heterocycles. The third-order valence-electron chi connectivity index (χ3n) is 1.09. The fraction of sp³-hybridized carbons (Fsp3) is 0. The molecule has 2 nitrogen and oxygen atoms in total. The molecule has 0 N–H and O–H groups in total. The molecule has 1 aromatic carbocycles. The smallest absolute Gasteiger partial charge is 0.409 e. The lowest BCUT2D eigenvalue weighted by Gasteiger charge is -1.99. The van der Waals surface area contributed by atoms with Crippen LogP contribution >= 0.6 is 27.5 Å². The standard InChI is InChI=1S/C7H3BrClFO2/c8-5-2-1-4(3-6(5)10)12-7(9)11/h1-3H. The molecule has 1 rings (SSSR count). The number of hydrogen-bond donors (Lipinski definition) is 0. The largest absolute Gasteiger partial charge is 0.414 e. The molecule has 0 saturated carbocycles. The number of rotatable bonds is 1. The Morgan fingerprint density at radius 2 is 2.25 bits per heavy atom. The Labute approximate surface area is 81.4 Å². The molecular formula is C7H3BrClFO2. The molecule has 0 heterocycles. The van der Waals surface area contributed by atoms with Crippen molar-refractivity contribution in [3.63, 3.8) is 0 Å². The van der Waals surface area contributed by atoms with Crippen molar-refractivity contribution in [2.45, 2.75) is 0 Å². The molecule has 64 valence electrons. The minimum atomic E-state index is -0.989. The second kappa shape index (κ2) is 3.87. The molecule has 0 aliphatic heterocycles. The molecule has 12 heavy (non-hydrogen) atoms. The summed E-state index contributed by atoms with van der Waals surface area (Å²) in [6, 6.07) is 3.91. The van der Waals surface area contributed by atoms with Gasteiger partial charge in [-0.3, -0.25) is 0 Å². The Kier molecular flexibility index (Phi) is 3.05. The van der Waals surface area contributed by atoms with Gasteiger partial charge in [0.05, 0.1) is 4.47 Å². The van der Waals surface area contributed by atoms with Crippen LogP contribution in [0.1, 0.15) is 0 Å². The van der Waals surface area contributed by atoms with Gasteiger partial charge in [-0.05, 0) is 28.1 Å². The van der Waals surface area contributed by atoms with Gasteiger partial charge in [-0.25, -0.2) is 9.18 Å². The molecule has 0 fully saturated rings. The Morgan fingerprint density at radius 3 is 2.75 bits per heavy atom. The van der Waals surface area contributed by atoms with Crippen molar-refractivity contribution < 1.29 is 13.9 Å². The maximum Gasteiger partial charge on any atom is 0.409 e. The van der Waals surface area contributed by atoms with Crippen LogP contribution in [-0.2, 0) is 0 Å². The van der Waals surface area contributed by atoms with Gasteiger partial charge in [0.25, 0.3) is 0 Å². The summed E-state index contributed by atoms with van der Waals surface area (Å²) < 4.78 is 17.5. The van der Waals surface area contributed by atoms with E-state index < -0.39 is 11.2 Å². The van der Waals surface area contributed by atoms with E-state index in [9.17, 15) is 9.18 Å². The first-order valence-corrected chi connectivity index (χ1v) is 4.09. The summed E-state index contributed by atoms with van der Waals surface area (Å²) in [5.74, 6) is -0.430. The lowest BCUT2D eigenvalue weighted by atomic mass is 10.3. The van der Waals surface area contributed by atoms with E-state index in [0.717, 1.165) is 6.07 Å². The van der Waals surface area contributed by atoms with Crippen molar-refractivity contribution in [3.8, 4) is 5.75 Å². The monoisotopic (exact) mass is 252 g/mol. The number of carbonyl (C=O) groups is 1. The third-order valence-corrected chi connectivity index (χ3v) is 1.81. The first-order valence-electron chi connectivity index (χ1n) is 2.92. The van der Waals surface area contributed by atoms with Crippen LogP contribution in [0.2, 0.25) is 0 Å². The number of ether oxygens (including phenoxy) is 1. The Morgan fingerprint density at radius 1 is 1.58 bits per heavy atom. The van der Waals surface area contributed by atoms with Crippen LogP contribution in [0.3, 0.4) is 0 Å². The Bertz CT molecular complexity index is 316. The molecule has 0 spiro atoms. The lowest BCUT2D eigenvalue weighted by Crippen LogP contribution is -1.96. The van der Waals surface area contributed by atoms with Crippen molar-refractivity contribution in [1.29, 1.82) is 0 Å². The van der Waals surface area contributed by atoms with Gasteiger partial charge in [0.1, 0.15) is 11.6 Å². The van der Waals surface area contributed by atoms with Gasteiger partial charge in [-0.2, -0.15) is 0 Å². The van der Waals surface area contributed by atoms with Crippen LogP contribution in [0.25, 0.3) is 0 Å². The fourth-order valence-electron chi connectivity index (χ4n) is 0.633. The second-order valence-corrected chi connectivity index (χ2v) is 3.08. The van der Waals surface area contributed by atoms with E-state index in [1.54, 1.807) is 0 Å². The average molecular weight is 253 g/mol. The predicted octanol–water partition coefficient (Wildman–Crippen LogP) is 3.33. The van der Waals surface area contributed by atoms with Crippen molar-refractivity contribution in [3.05, 3.63) is 28.5 Å². The number of hydrogen-bond acceptors (Lipinski definition) is 2. The van der Waals surface area contributed by atoms with Crippen LogP contribution in [-0.4, -0.2) is 5.43 Å². The summed E-state index contributed by atoms with van der Waals surface area (Å²) in [7, 11) is 0. The normalized spacial score (nSPS) is 9.58. The summed E-state index contributed by atoms with van der Waals surface area (Å²) >= 11 is 7.86. The highest BCUT2D eigenvalue weighted by Crippen LogP contribution is 2.21. The lowest BCUT2D eigenvalue weighted by molar-refractivity contribution is 0.225. The van der Waals surface area contributed by atoms with Gasteiger partial charge >= 0.3 is 5.43 Å². The molecule has 5 heteroatoms. The minimum Gasteiger partial charge on any atom is -0.414 e. The topological polar surface area (TPSA) is 26.3 Å². The first kappa shape index (κ1) is 9.48. The summed E-state index contributed by atoms with van der Waals surface area (Å²) in [6.07, 6.45) is 0. The van der Waals surface area contributed by atoms with Crippen molar-refractivity contribution >= 4 is 33.0 Å². The molecule has 0 saturated heterocycles. The maximum atomic E-state index is 12.7. The molecule has 0 aliphatic rings. The van der Waals surface area contributed by atoms with E-state index in [2.05, 4.69) is 20.7 Å². The molecule has 0 radical (unpaired) electrons. The Balaban J connectivity index is 2.89. The average Bonchev–Trinajstić information content (AvgIpc) is 1.96. The van der Waals surface area contributed by atoms with Crippen LogP contribution in [0.4, 0.5) is 9.18 Å². The Hall–Kier alpha value is -0.610. The van der Waals surface area contributed by atoms with E-state index in [0.29, 0.717) is 4.47 Å². The zero-order valence-corrected chi connectivity index (χ0v) is 8.02. The SMILES string of the molecule is O=C(Cl)Oc1ccc(Br)c(F)c1. The van der Waals surface area contributed by atoms with Crippen molar-refractivity contribution in [2.75, 3.05) is 0 Å². The van der Waals surface area contributed by atoms with Gasteiger partial charge in [0, 0.05) is 17.7 Å². The van der Waals surface area contributed by atoms with Crippen LogP contribution in [0.5, 0.6) is 5.75 Å². The van der Waals surface area contributed by atoms with Gasteiger partial charge in [-0.1, -0.05) is 0 Å². The van der Waals surface area contributed by atoms with Gasteiger partial charge < -0.3 is 4.74 Å². The number of halogens is 3. The minimum absolute atomic E-state index is 0.0794. The summed E-state index contributed by atoms with van der Waals surface area (Å²) in [5.41, 5.74) is -0.989. The summed E-state index contributed by atoms with van der Waals surface area (Å²) in [6.45, 7) is 0. The highest BCUT2D eigenvalue weighted by atomic mass is 79.9. The predicted molar refractivity (Wildman–Crippen MR) is 46.0 cm³/mol. The van der Waals surface area contributed by atoms with Gasteiger partial charge in [0.15, 0.2) is 0 Å². The first-order chi connectivity index (χ1) is 5.59. The van der Waals surface area contributed by atoms with E-state index in [4.69, 9.17) is 11.6 Å². The van der Waals surface area contributed by atoms with Crippen LogP contribution < -0.4 is 4.74 Å². The van der Waals surface area contributed by atoms with Crippen molar-refractivity contribution in [1.82, 2.24) is 0 Å². The summed E-state index contributed by atoms with van der Waals surface area (Å²) in [4.78, 5) is 10.2. The van der Waals surface area contributed by atoms with E-state index in [1.165, 1.54) is 12.1 Å². The van der Waals surface area contributed by atoms with Gasteiger partial charge in [-0.15, -0.1) is 0 Å². The zero-order valence-electron chi connectivity index (χ0n) is 5.68. The fourth-order valence-corrected chi connectivity index (χ4v) is 0.969. The molecular weight excluding hydrogens is 250 g/mol. The highest BCUT2D eigenvalue weighted by molar-refractivity contribution is 9.10. The van der Waals surface area contributed by atoms with E-state index in [-0.39, 0.29) is 5.75 Å². The van der Waals surface area contributed by atoms with E-state index in [1.807, 2.05) is 0 Å². The number of benzene rings is 1. The number of carbonyl (C=O) groups excluding carboxylic acids is 1. The zero-order chi connectivity index (χ0) is 9.14. The molecule has 0 aliphatic carbocycles. The van der Waals surface area contributed by atoms with Crippen molar-refractivity contribution in [2.24, 2.45) is 0 Å². The molecule has 0 atom stereocenters. The van der Waals surface area contributed by atoms with Crippen LogP contribution in [0, 0.1) is 5.82 Å². The third kappa shape index (κ3) is 2.46. The quantitative estimate of drug-likeness (QED) is 0.718. The van der Waals surface area contributed by atoms with Crippen LogP contribution in [0.15, 0.2) is 22.7 Å². The summed E-state index contributed by atoms with van der Waals surface area (Å²) in [5, 5.41) is 0. The highest BCUT2D eigenvalue weighted by Gasteiger charge is 2.03.